The van der Waals surface area contributed by atoms with Crippen LogP contribution in [0.4, 0.5) is 0 Å². The van der Waals surface area contributed by atoms with Crippen LogP contribution in [-0.2, 0) is 25.6 Å². The monoisotopic (exact) mass is 385 g/mol. The fraction of sp³-hybridized carbons (Fsp3) is 0.375. The molecule has 9 heteroatoms. The summed E-state index contributed by atoms with van der Waals surface area (Å²) >= 11 is 0. The molecule has 1 aliphatic rings. The molecule has 3 rings (SSSR count). The first-order valence-electron chi connectivity index (χ1n) is 7.76. The second-order valence-electron chi connectivity index (χ2n) is 5.80. The van der Waals surface area contributed by atoms with Crippen LogP contribution in [0.15, 0.2) is 53.1 Å². The summed E-state index contributed by atoms with van der Waals surface area (Å²) in [6.07, 6.45) is 1.41. The fourth-order valence-electron chi connectivity index (χ4n) is 2.48. The normalized spacial score (nSPS) is 16.5. The molecule has 0 atom stereocenters. The Morgan fingerprint density at radius 1 is 1.04 bits per heavy atom. The van der Waals surface area contributed by atoms with E-state index in [1.165, 1.54) is 10.6 Å². The average molecular weight is 385 g/mol. The Labute approximate surface area is 147 Å². The summed E-state index contributed by atoms with van der Waals surface area (Å²) in [7, 11) is -6.96. The van der Waals surface area contributed by atoms with Gasteiger partial charge in [-0.2, -0.15) is 4.31 Å². The van der Waals surface area contributed by atoms with Crippen molar-refractivity contribution in [2.75, 3.05) is 25.4 Å². The Morgan fingerprint density at radius 3 is 2.40 bits per heavy atom. The van der Waals surface area contributed by atoms with E-state index in [9.17, 15) is 16.8 Å². The zero-order valence-corrected chi connectivity index (χ0v) is 15.1. The molecule has 0 spiro atoms. The smallest absolute Gasteiger partial charge is 0.217 e. The lowest BCUT2D eigenvalue weighted by atomic mass is 10.3. The molecule has 1 aliphatic heterocycles. The number of furan rings is 1. The van der Waals surface area contributed by atoms with Gasteiger partial charge >= 0.3 is 0 Å². The Kier molecular flexibility index (Phi) is 5.16. The summed E-state index contributed by atoms with van der Waals surface area (Å²) < 4.78 is 60.6. The number of sulfonamides is 1. The van der Waals surface area contributed by atoms with Gasteiger partial charge in [0.05, 0.1) is 17.3 Å². The van der Waals surface area contributed by atoms with Crippen LogP contribution in [0.1, 0.15) is 5.76 Å². The molecule has 0 bridgehead atoms. The molecule has 1 saturated heterocycles. The van der Waals surface area contributed by atoms with E-state index in [1.54, 1.807) is 36.4 Å². The van der Waals surface area contributed by atoms with Gasteiger partial charge in [-0.15, -0.1) is 0 Å². The lowest BCUT2D eigenvalue weighted by Crippen LogP contribution is -2.57. The molecular formula is C16H19NO6S2. The second kappa shape index (κ2) is 7.19. The lowest BCUT2D eigenvalue weighted by Gasteiger charge is -2.37. The van der Waals surface area contributed by atoms with Gasteiger partial charge in [-0.25, -0.2) is 16.8 Å². The predicted octanol–water partition coefficient (Wildman–Crippen LogP) is 1.29. The van der Waals surface area contributed by atoms with Crippen molar-refractivity contribution in [2.45, 2.75) is 11.0 Å². The van der Waals surface area contributed by atoms with Gasteiger partial charge < -0.3 is 9.15 Å². The van der Waals surface area contributed by atoms with Crippen LogP contribution in [0.2, 0.25) is 0 Å². The van der Waals surface area contributed by atoms with E-state index in [1.807, 2.05) is 6.07 Å². The van der Waals surface area contributed by atoms with E-state index in [0.29, 0.717) is 11.5 Å². The van der Waals surface area contributed by atoms with Gasteiger partial charge in [-0.1, -0.05) is 18.2 Å². The van der Waals surface area contributed by atoms with Crippen LogP contribution in [0.25, 0.3) is 0 Å². The number of hydrogen-bond acceptors (Lipinski definition) is 6. The molecule has 0 radical (unpaired) electrons. The van der Waals surface area contributed by atoms with Gasteiger partial charge in [0.15, 0.2) is 9.84 Å². The maximum Gasteiger partial charge on any atom is 0.217 e. The molecule has 1 aromatic carbocycles. The Morgan fingerprint density at radius 2 is 1.76 bits per heavy atom. The van der Waals surface area contributed by atoms with Gasteiger partial charge in [0.25, 0.3) is 0 Å². The van der Waals surface area contributed by atoms with Crippen molar-refractivity contribution in [3.05, 3.63) is 54.5 Å². The number of para-hydroxylation sites is 1. The van der Waals surface area contributed by atoms with E-state index in [4.69, 9.17) is 9.15 Å². The van der Waals surface area contributed by atoms with Crippen LogP contribution in [0.3, 0.4) is 0 Å². The highest BCUT2D eigenvalue weighted by Crippen LogP contribution is 2.23. The van der Waals surface area contributed by atoms with E-state index in [-0.39, 0.29) is 31.2 Å². The van der Waals surface area contributed by atoms with Crippen molar-refractivity contribution in [3.63, 3.8) is 0 Å². The quantitative estimate of drug-likeness (QED) is 0.680. The molecule has 136 valence electrons. The van der Waals surface area contributed by atoms with Crippen molar-refractivity contribution in [1.82, 2.24) is 4.31 Å². The number of hydrogen-bond donors (Lipinski definition) is 0. The number of rotatable bonds is 8. The summed E-state index contributed by atoms with van der Waals surface area (Å²) in [5, 5.41) is -0.692. The molecule has 25 heavy (non-hydrogen) atoms. The summed E-state index contributed by atoms with van der Waals surface area (Å²) in [6.45, 7) is -0.0138. The molecular weight excluding hydrogens is 366 g/mol. The Balaban J connectivity index is 1.49. The first-order chi connectivity index (χ1) is 11.9. The highest BCUT2D eigenvalue weighted by molar-refractivity contribution is 7.92. The summed E-state index contributed by atoms with van der Waals surface area (Å²) in [4.78, 5) is 0. The first-order valence-corrected chi connectivity index (χ1v) is 11.1. The first kappa shape index (κ1) is 18.0. The van der Waals surface area contributed by atoms with Crippen LogP contribution in [0, 0.1) is 0 Å². The van der Waals surface area contributed by atoms with Gasteiger partial charge in [0.2, 0.25) is 10.0 Å². The fourth-order valence-corrected chi connectivity index (χ4v) is 5.64. The minimum absolute atomic E-state index is 0.0172. The maximum absolute atomic E-state index is 12.2. The third-order valence-corrected chi connectivity index (χ3v) is 7.76. The van der Waals surface area contributed by atoms with Crippen molar-refractivity contribution < 1.29 is 26.0 Å². The number of sulfone groups is 1. The van der Waals surface area contributed by atoms with Gasteiger partial charge in [0, 0.05) is 13.1 Å². The molecule has 7 nitrogen and oxygen atoms in total. The summed E-state index contributed by atoms with van der Waals surface area (Å²) in [5.74, 6) is 0.556. The number of nitrogens with zero attached hydrogens (tertiary/aromatic N) is 1. The molecule has 1 aromatic heterocycles. The standard InChI is InChI=1S/C16H19NO6S2/c18-24(19,13-15-7-4-8-22-15)16-11-17(12-16)25(20,21)10-9-23-14-5-2-1-3-6-14/h1-8,16H,9-13H2. The van der Waals surface area contributed by atoms with Gasteiger partial charge in [-0.3, -0.25) is 0 Å². The van der Waals surface area contributed by atoms with Crippen molar-refractivity contribution in [3.8, 4) is 5.75 Å². The van der Waals surface area contributed by atoms with E-state index >= 15 is 0 Å². The molecule has 0 unspecified atom stereocenters. The van der Waals surface area contributed by atoms with Crippen LogP contribution in [0.5, 0.6) is 5.75 Å². The van der Waals surface area contributed by atoms with Crippen molar-refractivity contribution in [1.29, 1.82) is 0 Å². The zero-order valence-electron chi connectivity index (χ0n) is 13.4. The highest BCUT2D eigenvalue weighted by Gasteiger charge is 2.43. The Bertz CT molecular complexity index is 885. The lowest BCUT2D eigenvalue weighted by molar-refractivity contribution is 0.298. The summed E-state index contributed by atoms with van der Waals surface area (Å²) in [5.41, 5.74) is 0. The highest BCUT2D eigenvalue weighted by atomic mass is 32.2. The minimum Gasteiger partial charge on any atom is -0.492 e. The van der Waals surface area contributed by atoms with Crippen molar-refractivity contribution >= 4 is 19.9 Å². The minimum atomic E-state index is -3.53. The maximum atomic E-state index is 12.2. The zero-order chi connectivity index (χ0) is 17.9. The van der Waals surface area contributed by atoms with Crippen LogP contribution >= 0.6 is 0 Å². The topological polar surface area (TPSA) is 93.9 Å². The van der Waals surface area contributed by atoms with E-state index in [0.717, 1.165) is 0 Å². The average Bonchev–Trinajstić information content (AvgIpc) is 2.98. The van der Waals surface area contributed by atoms with Gasteiger partial charge in [-0.05, 0) is 24.3 Å². The van der Waals surface area contributed by atoms with Crippen LogP contribution < -0.4 is 4.74 Å². The number of benzene rings is 1. The third kappa shape index (κ3) is 4.42. The summed E-state index contributed by atoms with van der Waals surface area (Å²) in [6, 6.07) is 12.1. The molecule has 2 aromatic rings. The Hall–Kier alpha value is -1.84. The second-order valence-corrected chi connectivity index (χ2v) is 10.2. The molecule has 0 N–H and O–H groups in total. The molecule has 2 heterocycles. The largest absolute Gasteiger partial charge is 0.492 e. The van der Waals surface area contributed by atoms with E-state index in [2.05, 4.69) is 0 Å². The van der Waals surface area contributed by atoms with Crippen molar-refractivity contribution in [2.24, 2.45) is 0 Å². The molecule has 0 amide bonds. The SMILES string of the molecule is O=S(=O)(Cc1ccco1)C1CN(S(=O)(=O)CCOc2ccccc2)C1. The van der Waals surface area contributed by atoms with E-state index < -0.39 is 25.1 Å². The third-order valence-electron chi connectivity index (χ3n) is 3.99. The van der Waals surface area contributed by atoms with Gasteiger partial charge in [0.1, 0.15) is 23.9 Å². The molecule has 0 aliphatic carbocycles. The van der Waals surface area contributed by atoms with Crippen LogP contribution in [-0.4, -0.2) is 51.8 Å². The molecule has 1 fully saturated rings. The predicted molar refractivity (Wildman–Crippen MR) is 92.4 cm³/mol. The number of ether oxygens (including phenoxy) is 1. The molecule has 0 saturated carbocycles.